The Morgan fingerprint density at radius 1 is 1.00 bits per heavy atom. The summed E-state index contributed by atoms with van der Waals surface area (Å²) in [5.41, 5.74) is 1.78. The molecule has 0 spiro atoms. The van der Waals surface area contributed by atoms with E-state index in [9.17, 15) is 14.4 Å². The zero-order valence-corrected chi connectivity index (χ0v) is 18.2. The van der Waals surface area contributed by atoms with E-state index >= 15 is 0 Å². The molecule has 0 aliphatic carbocycles. The van der Waals surface area contributed by atoms with Crippen LogP contribution in [-0.2, 0) is 6.54 Å². The average Bonchev–Trinajstić information content (AvgIpc) is 3.29. The fraction of sp³-hybridized carbons (Fsp3) is 0.292. The SMILES string of the molecule is Cc1cccc(N2CCN(C(=O)c3c[nH]c(=O)n(Cc4ccc5c(c4)OCO5)c3=O)CC2)c1. The summed E-state index contributed by atoms with van der Waals surface area (Å²) < 4.78 is 11.7. The molecular weight excluding hydrogens is 424 g/mol. The number of carbonyl (C=O) groups is 1. The third-order valence-corrected chi connectivity index (χ3v) is 6.00. The second kappa shape index (κ2) is 8.50. The number of H-pyrrole nitrogens is 1. The Morgan fingerprint density at radius 2 is 1.79 bits per heavy atom. The largest absolute Gasteiger partial charge is 0.454 e. The second-order valence-corrected chi connectivity index (χ2v) is 8.20. The molecule has 0 saturated carbocycles. The maximum absolute atomic E-state index is 13.1. The van der Waals surface area contributed by atoms with E-state index in [-0.39, 0.29) is 24.8 Å². The molecule has 170 valence electrons. The highest BCUT2D eigenvalue weighted by Crippen LogP contribution is 2.32. The minimum absolute atomic E-state index is 0.0209. The molecule has 2 aromatic carbocycles. The zero-order valence-electron chi connectivity index (χ0n) is 18.2. The Labute approximate surface area is 189 Å². The highest BCUT2D eigenvalue weighted by Gasteiger charge is 2.25. The molecule has 0 atom stereocenters. The van der Waals surface area contributed by atoms with Crippen LogP contribution >= 0.6 is 0 Å². The van der Waals surface area contributed by atoms with Crippen molar-refractivity contribution in [2.45, 2.75) is 13.5 Å². The number of benzene rings is 2. The van der Waals surface area contributed by atoms with Crippen molar-refractivity contribution >= 4 is 11.6 Å². The fourth-order valence-corrected chi connectivity index (χ4v) is 4.19. The molecule has 1 N–H and O–H groups in total. The average molecular weight is 448 g/mol. The Kier molecular flexibility index (Phi) is 5.37. The van der Waals surface area contributed by atoms with Crippen molar-refractivity contribution < 1.29 is 14.3 Å². The van der Waals surface area contributed by atoms with Crippen LogP contribution in [0.4, 0.5) is 5.69 Å². The molecule has 0 bridgehead atoms. The summed E-state index contributed by atoms with van der Waals surface area (Å²) in [6.45, 7) is 4.54. The van der Waals surface area contributed by atoms with E-state index in [4.69, 9.17) is 9.47 Å². The number of aryl methyl sites for hydroxylation is 1. The number of fused-ring (bicyclic) bond motifs is 1. The second-order valence-electron chi connectivity index (χ2n) is 8.20. The Hall–Kier alpha value is -4.01. The van der Waals surface area contributed by atoms with Crippen LogP contribution in [0, 0.1) is 6.92 Å². The molecule has 0 unspecified atom stereocenters. The summed E-state index contributed by atoms with van der Waals surface area (Å²) in [4.78, 5) is 45.0. The van der Waals surface area contributed by atoms with Crippen LogP contribution in [0.2, 0.25) is 0 Å². The van der Waals surface area contributed by atoms with Gasteiger partial charge in [0.1, 0.15) is 5.56 Å². The van der Waals surface area contributed by atoms with Crippen LogP contribution in [0.3, 0.4) is 0 Å². The first kappa shape index (κ1) is 20.9. The van der Waals surface area contributed by atoms with Gasteiger partial charge in [0.05, 0.1) is 6.54 Å². The van der Waals surface area contributed by atoms with Crippen molar-refractivity contribution in [2.24, 2.45) is 0 Å². The van der Waals surface area contributed by atoms with Gasteiger partial charge in [0, 0.05) is 38.1 Å². The third kappa shape index (κ3) is 4.09. The van der Waals surface area contributed by atoms with Crippen LogP contribution in [-0.4, -0.2) is 53.3 Å². The van der Waals surface area contributed by atoms with E-state index in [0.29, 0.717) is 43.2 Å². The van der Waals surface area contributed by atoms with Crippen LogP contribution < -0.4 is 25.6 Å². The van der Waals surface area contributed by atoms with Gasteiger partial charge >= 0.3 is 5.69 Å². The lowest BCUT2D eigenvalue weighted by Gasteiger charge is -2.36. The minimum atomic E-state index is -0.609. The number of nitrogens with one attached hydrogen (secondary N) is 1. The quantitative estimate of drug-likeness (QED) is 0.651. The van der Waals surface area contributed by atoms with E-state index in [1.165, 1.54) is 11.8 Å². The molecular formula is C24H24N4O5. The van der Waals surface area contributed by atoms with Gasteiger partial charge in [-0.25, -0.2) is 4.79 Å². The molecule has 1 saturated heterocycles. The van der Waals surface area contributed by atoms with Gasteiger partial charge in [0.25, 0.3) is 11.5 Å². The van der Waals surface area contributed by atoms with E-state index in [1.54, 1.807) is 23.1 Å². The Bertz CT molecular complexity index is 1320. The van der Waals surface area contributed by atoms with E-state index in [0.717, 1.165) is 10.3 Å². The number of aromatic nitrogens is 2. The van der Waals surface area contributed by atoms with Gasteiger partial charge in [-0.1, -0.05) is 18.2 Å². The van der Waals surface area contributed by atoms with Crippen molar-refractivity contribution in [3.63, 3.8) is 0 Å². The molecule has 2 aliphatic heterocycles. The maximum atomic E-state index is 13.1. The van der Waals surface area contributed by atoms with Crippen LogP contribution in [0.1, 0.15) is 21.5 Å². The minimum Gasteiger partial charge on any atom is -0.454 e. The lowest BCUT2D eigenvalue weighted by atomic mass is 10.1. The summed E-state index contributed by atoms with van der Waals surface area (Å²) >= 11 is 0. The number of nitrogens with zero attached hydrogens (tertiary/aromatic N) is 3. The molecule has 9 nitrogen and oxygen atoms in total. The first-order valence-electron chi connectivity index (χ1n) is 10.8. The number of rotatable bonds is 4. The van der Waals surface area contributed by atoms with Gasteiger partial charge in [0.15, 0.2) is 11.5 Å². The maximum Gasteiger partial charge on any atom is 0.328 e. The first-order chi connectivity index (χ1) is 16.0. The summed E-state index contributed by atoms with van der Waals surface area (Å²) in [7, 11) is 0. The van der Waals surface area contributed by atoms with Crippen molar-refractivity contribution in [3.05, 3.63) is 86.2 Å². The van der Waals surface area contributed by atoms with E-state index in [1.807, 2.05) is 19.1 Å². The molecule has 33 heavy (non-hydrogen) atoms. The predicted molar refractivity (Wildman–Crippen MR) is 122 cm³/mol. The van der Waals surface area contributed by atoms with Crippen molar-refractivity contribution in [3.8, 4) is 11.5 Å². The number of anilines is 1. The standard InChI is InChI=1S/C24H24N4O5/c1-16-3-2-4-18(11-16)26-7-9-27(10-8-26)22(29)19-13-25-24(31)28(23(19)30)14-17-5-6-20-21(12-17)33-15-32-20/h2-6,11-13H,7-10,14-15H2,1H3,(H,25,31). The topological polar surface area (TPSA) is 96.9 Å². The predicted octanol–water partition coefficient (Wildman–Crippen LogP) is 1.58. The molecule has 2 aliphatic rings. The van der Waals surface area contributed by atoms with Gasteiger partial charge < -0.3 is 24.3 Å². The number of hydrogen-bond acceptors (Lipinski definition) is 6. The summed E-state index contributed by atoms with van der Waals surface area (Å²) in [6, 6.07) is 13.5. The molecule has 3 aromatic rings. The van der Waals surface area contributed by atoms with Crippen LogP contribution in [0.25, 0.3) is 0 Å². The number of amides is 1. The number of hydrogen-bond donors (Lipinski definition) is 1. The molecule has 1 fully saturated rings. The number of piperazine rings is 1. The monoisotopic (exact) mass is 448 g/mol. The van der Waals surface area contributed by atoms with Crippen molar-refractivity contribution in [1.82, 2.24) is 14.5 Å². The number of carbonyl (C=O) groups excluding carboxylic acids is 1. The van der Waals surface area contributed by atoms with Crippen molar-refractivity contribution in [1.29, 1.82) is 0 Å². The summed E-state index contributed by atoms with van der Waals surface area (Å²) in [6.07, 6.45) is 1.22. The van der Waals surface area contributed by atoms with E-state index < -0.39 is 11.2 Å². The number of aromatic amines is 1. The zero-order chi connectivity index (χ0) is 22.9. The van der Waals surface area contributed by atoms with Gasteiger partial charge in [-0.05, 0) is 42.3 Å². The first-order valence-corrected chi connectivity index (χ1v) is 10.8. The highest BCUT2D eigenvalue weighted by molar-refractivity contribution is 5.93. The van der Waals surface area contributed by atoms with Crippen molar-refractivity contribution in [2.75, 3.05) is 37.9 Å². The normalized spacial score (nSPS) is 15.1. The molecule has 1 aromatic heterocycles. The molecule has 5 rings (SSSR count). The molecule has 9 heteroatoms. The van der Waals surface area contributed by atoms with Gasteiger partial charge in [0.2, 0.25) is 6.79 Å². The molecule has 0 radical (unpaired) electrons. The van der Waals surface area contributed by atoms with Gasteiger partial charge in [-0.2, -0.15) is 0 Å². The van der Waals surface area contributed by atoms with Gasteiger partial charge in [-0.15, -0.1) is 0 Å². The van der Waals surface area contributed by atoms with E-state index in [2.05, 4.69) is 22.0 Å². The number of ether oxygens (including phenoxy) is 2. The molecule has 1 amide bonds. The summed E-state index contributed by atoms with van der Waals surface area (Å²) in [5, 5.41) is 0. The van der Waals surface area contributed by atoms with Crippen LogP contribution in [0.5, 0.6) is 11.5 Å². The van der Waals surface area contributed by atoms with Crippen LogP contribution in [0.15, 0.2) is 58.3 Å². The third-order valence-electron chi connectivity index (χ3n) is 6.00. The molecule has 3 heterocycles. The Morgan fingerprint density at radius 3 is 2.58 bits per heavy atom. The lowest BCUT2D eigenvalue weighted by molar-refractivity contribution is 0.0743. The Balaban J connectivity index is 1.33. The smallest absolute Gasteiger partial charge is 0.328 e. The highest BCUT2D eigenvalue weighted by atomic mass is 16.7. The lowest BCUT2D eigenvalue weighted by Crippen LogP contribution is -2.50. The summed E-state index contributed by atoms with van der Waals surface area (Å²) in [5.74, 6) is 0.809. The van der Waals surface area contributed by atoms with Gasteiger partial charge in [-0.3, -0.25) is 14.2 Å². The fourth-order valence-electron chi connectivity index (χ4n) is 4.19.